The number of esters is 1. The van der Waals surface area contributed by atoms with E-state index in [0.29, 0.717) is 12.3 Å². The third-order valence-corrected chi connectivity index (χ3v) is 4.22. The Labute approximate surface area is 93.5 Å². The van der Waals surface area contributed by atoms with E-state index in [1.807, 2.05) is 6.92 Å². The number of aryl methyl sites for hydroxylation is 1. The second kappa shape index (κ2) is 4.31. The van der Waals surface area contributed by atoms with Crippen molar-refractivity contribution in [2.75, 3.05) is 7.11 Å². The van der Waals surface area contributed by atoms with Gasteiger partial charge in [-0.1, -0.05) is 6.42 Å². The van der Waals surface area contributed by atoms with Crippen molar-refractivity contribution >= 4 is 17.3 Å². The molecule has 0 aromatic carbocycles. The highest BCUT2D eigenvalue weighted by Gasteiger charge is 2.24. The van der Waals surface area contributed by atoms with E-state index in [1.165, 1.54) is 31.4 Å². The lowest BCUT2D eigenvalue weighted by molar-refractivity contribution is -0.139. The van der Waals surface area contributed by atoms with Crippen molar-refractivity contribution in [2.24, 2.45) is 0 Å². The Bertz CT molecular complexity index is 369. The van der Waals surface area contributed by atoms with Gasteiger partial charge in [-0.05, 0) is 19.8 Å². The van der Waals surface area contributed by atoms with Gasteiger partial charge in [-0.3, -0.25) is 4.79 Å². The van der Waals surface area contributed by atoms with Gasteiger partial charge < -0.3 is 4.74 Å². The quantitative estimate of drug-likeness (QED) is 0.742. The van der Waals surface area contributed by atoms with Crippen molar-refractivity contribution in [1.29, 1.82) is 0 Å². The van der Waals surface area contributed by atoms with Gasteiger partial charge in [-0.15, -0.1) is 11.3 Å². The Balaban J connectivity index is 2.10. The van der Waals surface area contributed by atoms with Gasteiger partial charge in [0.2, 0.25) is 0 Å². The van der Waals surface area contributed by atoms with Crippen LogP contribution in [0, 0.1) is 6.92 Å². The zero-order valence-electron chi connectivity index (χ0n) is 9.08. The largest absolute Gasteiger partial charge is 0.469 e. The number of thiazole rings is 1. The number of methoxy groups -OCH3 is 1. The Morgan fingerprint density at radius 3 is 2.87 bits per heavy atom. The summed E-state index contributed by atoms with van der Waals surface area (Å²) >= 11 is 1.68. The maximum absolute atomic E-state index is 11.2. The van der Waals surface area contributed by atoms with E-state index in [1.54, 1.807) is 11.3 Å². The minimum Gasteiger partial charge on any atom is -0.469 e. The van der Waals surface area contributed by atoms with E-state index >= 15 is 0 Å². The fourth-order valence-corrected chi connectivity index (χ4v) is 2.87. The van der Waals surface area contributed by atoms with Gasteiger partial charge in [0.1, 0.15) is 0 Å². The predicted octanol–water partition coefficient (Wildman–Crippen LogP) is 2.43. The Hall–Kier alpha value is -0.900. The van der Waals surface area contributed by atoms with E-state index in [2.05, 4.69) is 9.72 Å². The minimum absolute atomic E-state index is 0.179. The van der Waals surface area contributed by atoms with Gasteiger partial charge in [0, 0.05) is 10.8 Å². The molecule has 0 N–H and O–H groups in total. The van der Waals surface area contributed by atoms with Crippen molar-refractivity contribution < 1.29 is 9.53 Å². The highest BCUT2D eigenvalue weighted by atomic mass is 32.1. The maximum Gasteiger partial charge on any atom is 0.310 e. The highest BCUT2D eigenvalue weighted by molar-refractivity contribution is 7.12. The van der Waals surface area contributed by atoms with E-state index in [9.17, 15) is 4.79 Å². The van der Waals surface area contributed by atoms with Crippen LogP contribution in [-0.2, 0) is 16.0 Å². The monoisotopic (exact) mass is 225 g/mol. The minimum atomic E-state index is -0.179. The normalized spacial score (nSPS) is 16.1. The predicted molar refractivity (Wildman–Crippen MR) is 59.2 cm³/mol. The Morgan fingerprint density at radius 1 is 1.60 bits per heavy atom. The molecule has 0 aliphatic heterocycles. The average Bonchev–Trinajstić information content (AvgIpc) is 2.44. The molecule has 1 heterocycles. The third-order valence-electron chi connectivity index (χ3n) is 2.90. The Kier molecular flexibility index (Phi) is 3.05. The first-order valence-electron chi connectivity index (χ1n) is 5.23. The van der Waals surface area contributed by atoms with Crippen LogP contribution in [0.25, 0.3) is 0 Å². The lowest BCUT2D eigenvalue weighted by Gasteiger charge is -2.22. The number of ether oxygens (including phenoxy) is 1. The first-order chi connectivity index (χ1) is 7.20. The number of hydrogen-bond acceptors (Lipinski definition) is 4. The fraction of sp³-hybridized carbons (Fsp3) is 0.636. The van der Waals surface area contributed by atoms with Crippen LogP contribution in [0.3, 0.4) is 0 Å². The molecular formula is C11H15NO2S. The van der Waals surface area contributed by atoms with E-state index < -0.39 is 0 Å². The molecule has 0 unspecified atom stereocenters. The number of carbonyl (C=O) groups is 1. The molecule has 1 fully saturated rings. The molecule has 82 valence electrons. The first-order valence-corrected chi connectivity index (χ1v) is 6.05. The van der Waals surface area contributed by atoms with E-state index in [-0.39, 0.29) is 5.97 Å². The van der Waals surface area contributed by atoms with Crippen molar-refractivity contribution in [3.63, 3.8) is 0 Å². The lowest BCUT2D eigenvalue weighted by atomic mass is 9.86. The molecule has 1 aromatic heterocycles. The van der Waals surface area contributed by atoms with Crippen LogP contribution < -0.4 is 0 Å². The molecule has 0 bridgehead atoms. The van der Waals surface area contributed by atoms with Crippen molar-refractivity contribution in [3.8, 4) is 0 Å². The van der Waals surface area contributed by atoms with Crippen LogP contribution in [0.1, 0.15) is 40.8 Å². The van der Waals surface area contributed by atoms with Crippen LogP contribution in [-0.4, -0.2) is 18.1 Å². The van der Waals surface area contributed by atoms with Crippen LogP contribution in [0.5, 0.6) is 0 Å². The number of nitrogens with zero attached hydrogens (tertiary/aromatic N) is 1. The van der Waals surface area contributed by atoms with Gasteiger partial charge >= 0.3 is 5.97 Å². The topological polar surface area (TPSA) is 39.2 Å². The standard InChI is InChI=1S/C11H15NO2S/c1-7-9(6-10(13)14-2)15-11(12-7)8-4-3-5-8/h8H,3-6H2,1-2H3. The summed E-state index contributed by atoms with van der Waals surface area (Å²) in [7, 11) is 1.42. The van der Waals surface area contributed by atoms with Crippen molar-refractivity contribution in [3.05, 3.63) is 15.6 Å². The summed E-state index contributed by atoms with van der Waals surface area (Å²) in [6.07, 6.45) is 4.19. The average molecular weight is 225 g/mol. The molecule has 2 rings (SSSR count). The Morgan fingerprint density at radius 2 is 2.33 bits per heavy atom. The molecule has 0 amide bonds. The number of hydrogen-bond donors (Lipinski definition) is 0. The lowest BCUT2D eigenvalue weighted by Crippen LogP contribution is -2.07. The van der Waals surface area contributed by atoms with Crippen LogP contribution in [0.4, 0.5) is 0 Å². The molecule has 0 saturated heterocycles. The van der Waals surface area contributed by atoms with Crippen LogP contribution >= 0.6 is 11.3 Å². The maximum atomic E-state index is 11.2. The molecule has 1 aliphatic rings. The zero-order chi connectivity index (χ0) is 10.8. The van der Waals surface area contributed by atoms with Crippen LogP contribution in [0.15, 0.2) is 0 Å². The van der Waals surface area contributed by atoms with Crippen LogP contribution in [0.2, 0.25) is 0 Å². The molecular weight excluding hydrogens is 210 g/mol. The number of rotatable bonds is 3. The third kappa shape index (κ3) is 2.20. The second-order valence-corrected chi connectivity index (χ2v) is 5.06. The first kappa shape index (κ1) is 10.6. The summed E-state index contributed by atoms with van der Waals surface area (Å²) in [5.74, 6) is 0.474. The molecule has 0 radical (unpaired) electrons. The summed E-state index contributed by atoms with van der Waals surface area (Å²) in [5, 5.41) is 1.21. The SMILES string of the molecule is COC(=O)Cc1sc(C2CCC2)nc1C. The van der Waals surface area contributed by atoms with E-state index in [4.69, 9.17) is 0 Å². The van der Waals surface area contributed by atoms with Gasteiger partial charge in [-0.2, -0.15) is 0 Å². The molecule has 0 spiro atoms. The second-order valence-electron chi connectivity index (χ2n) is 3.94. The van der Waals surface area contributed by atoms with Gasteiger partial charge in [-0.25, -0.2) is 4.98 Å². The summed E-state index contributed by atoms with van der Waals surface area (Å²) in [5.41, 5.74) is 0.993. The van der Waals surface area contributed by atoms with Gasteiger partial charge in [0.25, 0.3) is 0 Å². The molecule has 4 heteroatoms. The van der Waals surface area contributed by atoms with Crippen molar-refractivity contribution in [1.82, 2.24) is 4.98 Å². The molecule has 1 aromatic rings. The van der Waals surface area contributed by atoms with Gasteiger partial charge in [0.15, 0.2) is 0 Å². The fourth-order valence-electron chi connectivity index (χ4n) is 1.65. The van der Waals surface area contributed by atoms with E-state index in [0.717, 1.165) is 10.6 Å². The molecule has 1 aliphatic carbocycles. The highest BCUT2D eigenvalue weighted by Crippen LogP contribution is 2.39. The summed E-state index contributed by atoms with van der Waals surface area (Å²) < 4.78 is 4.66. The summed E-state index contributed by atoms with van der Waals surface area (Å²) in [6, 6.07) is 0. The summed E-state index contributed by atoms with van der Waals surface area (Å²) in [6.45, 7) is 1.97. The molecule has 1 saturated carbocycles. The molecule has 3 nitrogen and oxygen atoms in total. The smallest absolute Gasteiger partial charge is 0.310 e. The van der Waals surface area contributed by atoms with Crippen molar-refractivity contribution in [2.45, 2.75) is 38.5 Å². The molecule has 0 atom stereocenters. The summed E-state index contributed by atoms with van der Waals surface area (Å²) in [4.78, 5) is 16.7. The molecule has 15 heavy (non-hydrogen) atoms. The number of carbonyl (C=O) groups excluding carboxylic acids is 1. The number of aromatic nitrogens is 1. The zero-order valence-corrected chi connectivity index (χ0v) is 9.89. The van der Waals surface area contributed by atoms with Gasteiger partial charge in [0.05, 0.1) is 24.2 Å².